The number of pyridine rings is 1. The Bertz CT molecular complexity index is 1230. The van der Waals surface area contributed by atoms with E-state index >= 15 is 0 Å². The molecule has 0 radical (unpaired) electrons. The van der Waals surface area contributed by atoms with Crippen LogP contribution in [0.1, 0.15) is 0 Å². The summed E-state index contributed by atoms with van der Waals surface area (Å²) in [5, 5.41) is 1.62. The van der Waals surface area contributed by atoms with Crippen molar-refractivity contribution in [3.8, 4) is 11.3 Å². The summed E-state index contributed by atoms with van der Waals surface area (Å²) in [4.78, 5) is 21.8. The van der Waals surface area contributed by atoms with Crippen molar-refractivity contribution in [2.24, 2.45) is 0 Å². The first-order valence-corrected chi connectivity index (χ1v) is 7.41. The minimum absolute atomic E-state index is 0.0116. The lowest BCUT2D eigenvalue weighted by Gasteiger charge is -2.06. The SMILES string of the molecule is O=c1c2ccccc2c2c(-c3ccccc3)nc3nccc1n32. The average Bonchev–Trinajstić information content (AvgIpc) is 3.01. The molecule has 0 saturated heterocycles. The van der Waals surface area contributed by atoms with Crippen molar-refractivity contribution in [1.29, 1.82) is 0 Å². The summed E-state index contributed by atoms with van der Waals surface area (Å²) >= 11 is 0. The van der Waals surface area contributed by atoms with E-state index in [-0.39, 0.29) is 5.43 Å². The zero-order chi connectivity index (χ0) is 15.4. The molecule has 5 aromatic rings. The highest BCUT2D eigenvalue weighted by molar-refractivity contribution is 6.05. The van der Waals surface area contributed by atoms with Crippen molar-refractivity contribution in [3.63, 3.8) is 0 Å². The molecular formula is C19H11N3O. The van der Waals surface area contributed by atoms with Crippen LogP contribution in [0, 0.1) is 0 Å². The minimum atomic E-state index is 0.0116. The second kappa shape index (κ2) is 4.36. The molecule has 0 spiro atoms. The van der Waals surface area contributed by atoms with Crippen LogP contribution in [0.2, 0.25) is 0 Å². The van der Waals surface area contributed by atoms with Crippen molar-refractivity contribution < 1.29 is 0 Å². The van der Waals surface area contributed by atoms with Gasteiger partial charge >= 0.3 is 0 Å². The third-order valence-corrected chi connectivity index (χ3v) is 4.23. The number of aromatic nitrogens is 3. The molecule has 0 aliphatic carbocycles. The molecule has 0 bridgehead atoms. The zero-order valence-corrected chi connectivity index (χ0v) is 12.1. The Kier molecular flexibility index (Phi) is 2.33. The van der Waals surface area contributed by atoms with E-state index in [0.717, 1.165) is 22.2 Å². The largest absolute Gasteiger partial charge is 0.287 e. The second-order valence-electron chi connectivity index (χ2n) is 5.52. The number of fused-ring (bicyclic) bond motifs is 2. The predicted octanol–water partition coefficient (Wildman–Crippen LogP) is 3.50. The van der Waals surface area contributed by atoms with Gasteiger partial charge in [-0.15, -0.1) is 0 Å². The van der Waals surface area contributed by atoms with Crippen LogP contribution in [0.3, 0.4) is 0 Å². The summed E-state index contributed by atoms with van der Waals surface area (Å²) in [5.74, 6) is 0.555. The quantitative estimate of drug-likeness (QED) is 0.445. The molecule has 0 aliphatic heterocycles. The van der Waals surface area contributed by atoms with Crippen molar-refractivity contribution >= 4 is 27.6 Å². The fourth-order valence-corrected chi connectivity index (χ4v) is 3.22. The van der Waals surface area contributed by atoms with Gasteiger partial charge in [-0.25, -0.2) is 9.97 Å². The summed E-state index contributed by atoms with van der Waals surface area (Å²) in [6.45, 7) is 0. The molecule has 108 valence electrons. The van der Waals surface area contributed by atoms with Gasteiger partial charge < -0.3 is 0 Å². The van der Waals surface area contributed by atoms with E-state index in [2.05, 4.69) is 9.97 Å². The van der Waals surface area contributed by atoms with E-state index in [0.29, 0.717) is 16.7 Å². The zero-order valence-electron chi connectivity index (χ0n) is 12.1. The summed E-state index contributed by atoms with van der Waals surface area (Å²) in [7, 11) is 0. The maximum Gasteiger partial charge on any atom is 0.235 e. The number of hydrogen-bond donors (Lipinski definition) is 0. The van der Waals surface area contributed by atoms with Crippen LogP contribution in [0.4, 0.5) is 0 Å². The molecule has 3 heterocycles. The van der Waals surface area contributed by atoms with Gasteiger partial charge in [0.2, 0.25) is 11.2 Å². The standard InChI is InChI=1S/C19H11N3O/c23-18-14-9-5-4-8-13(14)17-16(12-6-2-1-3-7-12)21-19-20-11-10-15(18)22(17)19/h1-11H. The topological polar surface area (TPSA) is 47.3 Å². The molecule has 0 atom stereocenters. The maximum absolute atomic E-state index is 12.8. The van der Waals surface area contributed by atoms with E-state index in [9.17, 15) is 4.79 Å². The number of benzene rings is 2. The molecule has 0 aliphatic rings. The monoisotopic (exact) mass is 297 g/mol. The second-order valence-corrected chi connectivity index (χ2v) is 5.52. The van der Waals surface area contributed by atoms with Gasteiger partial charge in [0.1, 0.15) is 0 Å². The van der Waals surface area contributed by atoms with Crippen molar-refractivity contribution in [2.75, 3.05) is 0 Å². The number of hydrogen-bond acceptors (Lipinski definition) is 3. The fourth-order valence-electron chi connectivity index (χ4n) is 3.22. The highest BCUT2D eigenvalue weighted by Gasteiger charge is 2.18. The normalized spacial score (nSPS) is 11.7. The molecule has 23 heavy (non-hydrogen) atoms. The number of nitrogens with zero attached hydrogens (tertiary/aromatic N) is 3. The molecule has 4 heteroatoms. The van der Waals surface area contributed by atoms with Gasteiger partial charge in [-0.3, -0.25) is 9.20 Å². The Morgan fingerprint density at radius 3 is 2.39 bits per heavy atom. The van der Waals surface area contributed by atoms with Gasteiger partial charge in [0.25, 0.3) is 0 Å². The third-order valence-electron chi connectivity index (χ3n) is 4.23. The van der Waals surface area contributed by atoms with Crippen LogP contribution in [-0.4, -0.2) is 14.4 Å². The molecular weight excluding hydrogens is 286 g/mol. The molecule has 4 nitrogen and oxygen atoms in total. The van der Waals surface area contributed by atoms with Crippen LogP contribution in [0.5, 0.6) is 0 Å². The van der Waals surface area contributed by atoms with Crippen LogP contribution in [0.15, 0.2) is 71.7 Å². The van der Waals surface area contributed by atoms with Crippen LogP contribution in [0.25, 0.3) is 38.8 Å². The lowest BCUT2D eigenvalue weighted by atomic mass is 10.1. The molecule has 0 N–H and O–H groups in total. The predicted molar refractivity (Wildman–Crippen MR) is 90.9 cm³/mol. The molecule has 0 saturated carbocycles. The lowest BCUT2D eigenvalue weighted by molar-refractivity contribution is 1.17. The summed E-state index contributed by atoms with van der Waals surface area (Å²) in [6, 6.07) is 19.4. The lowest BCUT2D eigenvalue weighted by Crippen LogP contribution is -2.08. The highest BCUT2D eigenvalue weighted by Crippen LogP contribution is 2.31. The number of imidazole rings is 1. The van der Waals surface area contributed by atoms with Gasteiger partial charge in [-0.1, -0.05) is 54.6 Å². The van der Waals surface area contributed by atoms with Gasteiger partial charge in [0, 0.05) is 22.5 Å². The molecule has 0 amide bonds. The first kappa shape index (κ1) is 12.3. The van der Waals surface area contributed by atoms with Crippen molar-refractivity contribution in [1.82, 2.24) is 14.4 Å². The van der Waals surface area contributed by atoms with Gasteiger partial charge in [0.15, 0.2) is 0 Å². The van der Waals surface area contributed by atoms with Crippen LogP contribution < -0.4 is 5.43 Å². The van der Waals surface area contributed by atoms with Crippen molar-refractivity contribution in [2.45, 2.75) is 0 Å². The molecule has 5 rings (SSSR count). The minimum Gasteiger partial charge on any atom is -0.287 e. The average molecular weight is 297 g/mol. The van der Waals surface area contributed by atoms with Crippen molar-refractivity contribution in [3.05, 3.63) is 77.1 Å². The molecule has 0 fully saturated rings. The summed E-state index contributed by atoms with van der Waals surface area (Å²) in [6.07, 6.45) is 1.64. The Labute approximate surface area is 131 Å². The Hall–Kier alpha value is -3.27. The number of rotatable bonds is 1. The maximum atomic E-state index is 12.8. The van der Waals surface area contributed by atoms with E-state index in [1.54, 1.807) is 12.3 Å². The van der Waals surface area contributed by atoms with Crippen LogP contribution in [-0.2, 0) is 0 Å². The van der Waals surface area contributed by atoms with E-state index in [4.69, 9.17) is 0 Å². The van der Waals surface area contributed by atoms with Gasteiger partial charge in [0.05, 0.1) is 16.7 Å². The summed E-state index contributed by atoms with van der Waals surface area (Å²) in [5.41, 5.74) is 3.42. The summed E-state index contributed by atoms with van der Waals surface area (Å²) < 4.78 is 1.87. The highest BCUT2D eigenvalue weighted by atomic mass is 16.1. The first-order valence-electron chi connectivity index (χ1n) is 7.41. The Morgan fingerprint density at radius 2 is 1.57 bits per heavy atom. The smallest absolute Gasteiger partial charge is 0.235 e. The third kappa shape index (κ3) is 1.57. The molecule has 3 aromatic heterocycles. The molecule has 2 aromatic carbocycles. The first-order chi connectivity index (χ1) is 11.3. The van der Waals surface area contributed by atoms with E-state index in [1.807, 2.05) is 59.0 Å². The van der Waals surface area contributed by atoms with E-state index < -0.39 is 0 Å². The Morgan fingerprint density at radius 1 is 0.826 bits per heavy atom. The fraction of sp³-hybridized carbons (Fsp3) is 0. The van der Waals surface area contributed by atoms with E-state index in [1.165, 1.54) is 0 Å². The van der Waals surface area contributed by atoms with Gasteiger partial charge in [-0.2, -0.15) is 0 Å². The Balaban J connectivity index is 2.13. The molecule has 0 unspecified atom stereocenters. The van der Waals surface area contributed by atoms with Gasteiger partial charge in [-0.05, 0) is 6.07 Å². The van der Waals surface area contributed by atoms with Crippen LogP contribution >= 0.6 is 0 Å².